The number of rotatable bonds is 6. The van der Waals surface area contributed by atoms with Crippen molar-refractivity contribution in [3.8, 4) is 5.75 Å². The molecule has 0 atom stereocenters. The van der Waals surface area contributed by atoms with Gasteiger partial charge in [-0.05, 0) is 38.1 Å². The molecule has 0 heterocycles. The zero-order valence-corrected chi connectivity index (χ0v) is 12.1. The molecule has 8 heteroatoms. The molecular formula is C14H16F3NO4. The summed E-state index contributed by atoms with van der Waals surface area (Å²) in [6.45, 7) is 3.57. The highest BCUT2D eigenvalue weighted by Crippen LogP contribution is 2.23. The Morgan fingerprint density at radius 3 is 2.18 bits per heavy atom. The standard InChI is InChI=1S/C14H16F3NO4/c1-3-18(9-12(19)21-4-2)13(20)10-5-7-11(8-6-10)22-14(15,16)17/h5-8H,3-4,9H2,1-2H3. The van der Waals surface area contributed by atoms with Crippen LogP contribution in [0.4, 0.5) is 13.2 Å². The Labute approximate surface area is 125 Å². The maximum Gasteiger partial charge on any atom is 0.573 e. The van der Waals surface area contributed by atoms with Gasteiger partial charge in [0.25, 0.3) is 5.91 Å². The third kappa shape index (κ3) is 5.63. The second-order valence-corrected chi connectivity index (χ2v) is 4.20. The van der Waals surface area contributed by atoms with Crippen molar-refractivity contribution >= 4 is 11.9 Å². The first-order valence-corrected chi connectivity index (χ1v) is 6.57. The van der Waals surface area contributed by atoms with Crippen LogP contribution in [0.1, 0.15) is 24.2 Å². The molecule has 5 nitrogen and oxygen atoms in total. The van der Waals surface area contributed by atoms with E-state index in [0.29, 0.717) is 0 Å². The van der Waals surface area contributed by atoms with Crippen molar-refractivity contribution in [1.29, 1.82) is 0 Å². The van der Waals surface area contributed by atoms with Gasteiger partial charge >= 0.3 is 12.3 Å². The molecule has 0 unspecified atom stereocenters. The fourth-order valence-electron chi connectivity index (χ4n) is 1.67. The van der Waals surface area contributed by atoms with Gasteiger partial charge < -0.3 is 14.4 Å². The summed E-state index contributed by atoms with van der Waals surface area (Å²) in [5.74, 6) is -1.44. The normalized spacial score (nSPS) is 11.0. The second-order valence-electron chi connectivity index (χ2n) is 4.20. The minimum absolute atomic E-state index is 0.153. The number of carbonyl (C=O) groups is 2. The topological polar surface area (TPSA) is 55.8 Å². The molecule has 0 aliphatic heterocycles. The second kappa shape index (κ2) is 7.67. The maximum absolute atomic E-state index is 12.2. The lowest BCUT2D eigenvalue weighted by Crippen LogP contribution is -2.36. The largest absolute Gasteiger partial charge is 0.573 e. The minimum Gasteiger partial charge on any atom is -0.465 e. The molecule has 0 aromatic heterocycles. The first kappa shape index (κ1) is 17.8. The third-order valence-electron chi connectivity index (χ3n) is 2.63. The molecule has 0 saturated heterocycles. The van der Waals surface area contributed by atoms with Crippen molar-refractivity contribution < 1.29 is 32.2 Å². The predicted octanol–water partition coefficient (Wildman–Crippen LogP) is 2.61. The number of hydrogen-bond donors (Lipinski definition) is 0. The molecule has 1 aromatic carbocycles. The molecule has 22 heavy (non-hydrogen) atoms. The Balaban J connectivity index is 2.76. The first-order chi connectivity index (χ1) is 10.3. The monoisotopic (exact) mass is 319 g/mol. The summed E-state index contributed by atoms with van der Waals surface area (Å²) in [5, 5.41) is 0. The fourth-order valence-corrected chi connectivity index (χ4v) is 1.67. The van der Waals surface area contributed by atoms with Crippen LogP contribution in [0.2, 0.25) is 0 Å². The number of halogens is 3. The molecule has 0 radical (unpaired) electrons. The van der Waals surface area contributed by atoms with Gasteiger partial charge in [-0.3, -0.25) is 9.59 Å². The molecule has 122 valence electrons. The van der Waals surface area contributed by atoms with Crippen molar-refractivity contribution in [3.63, 3.8) is 0 Å². The highest BCUT2D eigenvalue weighted by Gasteiger charge is 2.31. The summed E-state index contributed by atoms with van der Waals surface area (Å²) in [7, 11) is 0. The van der Waals surface area contributed by atoms with Crippen LogP contribution in [0.5, 0.6) is 5.75 Å². The average molecular weight is 319 g/mol. The van der Waals surface area contributed by atoms with E-state index in [1.165, 1.54) is 17.0 Å². The molecular weight excluding hydrogens is 303 g/mol. The molecule has 1 amide bonds. The molecule has 0 aliphatic rings. The summed E-state index contributed by atoms with van der Waals surface area (Å²) in [5.41, 5.74) is 0.153. The van der Waals surface area contributed by atoms with E-state index in [0.717, 1.165) is 12.1 Å². The SMILES string of the molecule is CCOC(=O)CN(CC)C(=O)c1ccc(OC(F)(F)F)cc1. The van der Waals surface area contributed by atoms with Crippen molar-refractivity contribution in [1.82, 2.24) is 4.90 Å². The zero-order valence-electron chi connectivity index (χ0n) is 12.1. The number of esters is 1. The van der Waals surface area contributed by atoms with Gasteiger partial charge in [0, 0.05) is 12.1 Å². The lowest BCUT2D eigenvalue weighted by Gasteiger charge is -2.20. The van der Waals surface area contributed by atoms with Crippen LogP contribution >= 0.6 is 0 Å². The molecule has 0 bridgehead atoms. The van der Waals surface area contributed by atoms with Crippen molar-refractivity contribution in [2.45, 2.75) is 20.2 Å². The summed E-state index contributed by atoms with van der Waals surface area (Å²) in [6.07, 6.45) is -4.79. The number of carbonyl (C=O) groups excluding carboxylic acids is 2. The lowest BCUT2D eigenvalue weighted by molar-refractivity contribution is -0.274. The van der Waals surface area contributed by atoms with Crippen LogP contribution in [0.3, 0.4) is 0 Å². The van der Waals surface area contributed by atoms with Gasteiger partial charge in [-0.1, -0.05) is 0 Å². The maximum atomic E-state index is 12.2. The molecule has 1 rings (SSSR count). The summed E-state index contributed by atoms with van der Waals surface area (Å²) >= 11 is 0. The Bertz CT molecular complexity index is 514. The van der Waals surface area contributed by atoms with Crippen LogP contribution in [0.25, 0.3) is 0 Å². The van der Waals surface area contributed by atoms with Crippen molar-refractivity contribution in [2.24, 2.45) is 0 Å². The van der Waals surface area contributed by atoms with Crippen LogP contribution < -0.4 is 4.74 Å². The number of ether oxygens (including phenoxy) is 2. The highest BCUT2D eigenvalue weighted by molar-refractivity contribution is 5.96. The molecule has 1 aromatic rings. The van der Waals surface area contributed by atoms with Gasteiger partial charge in [-0.25, -0.2) is 0 Å². The quantitative estimate of drug-likeness (QED) is 0.756. The van der Waals surface area contributed by atoms with E-state index in [1.807, 2.05) is 0 Å². The molecule has 0 saturated carbocycles. The smallest absolute Gasteiger partial charge is 0.465 e. The Hall–Kier alpha value is -2.25. The van der Waals surface area contributed by atoms with E-state index in [9.17, 15) is 22.8 Å². The van der Waals surface area contributed by atoms with Gasteiger partial charge in [0.2, 0.25) is 0 Å². The van der Waals surface area contributed by atoms with Gasteiger partial charge in [0.1, 0.15) is 12.3 Å². The average Bonchev–Trinajstić information content (AvgIpc) is 2.43. The number of amides is 1. The number of alkyl halides is 3. The molecule has 0 spiro atoms. The third-order valence-corrected chi connectivity index (χ3v) is 2.63. The molecule has 0 fully saturated rings. The highest BCUT2D eigenvalue weighted by atomic mass is 19.4. The van der Waals surface area contributed by atoms with Crippen molar-refractivity contribution in [3.05, 3.63) is 29.8 Å². The zero-order chi connectivity index (χ0) is 16.8. The predicted molar refractivity (Wildman–Crippen MR) is 71.3 cm³/mol. The van der Waals surface area contributed by atoms with Crippen LogP contribution in [-0.4, -0.2) is 42.8 Å². The van der Waals surface area contributed by atoms with Gasteiger partial charge in [0.15, 0.2) is 0 Å². The van der Waals surface area contributed by atoms with Crippen LogP contribution in [-0.2, 0) is 9.53 Å². The van der Waals surface area contributed by atoms with E-state index in [-0.39, 0.29) is 25.3 Å². The van der Waals surface area contributed by atoms with E-state index in [1.54, 1.807) is 13.8 Å². The minimum atomic E-state index is -4.79. The number of nitrogens with zero attached hydrogens (tertiary/aromatic N) is 1. The summed E-state index contributed by atoms with van der Waals surface area (Å²) in [4.78, 5) is 24.8. The van der Waals surface area contributed by atoms with Crippen LogP contribution in [0.15, 0.2) is 24.3 Å². The Kier molecular flexibility index (Phi) is 6.21. The number of hydrogen-bond acceptors (Lipinski definition) is 4. The van der Waals surface area contributed by atoms with Gasteiger partial charge in [0.05, 0.1) is 6.61 Å². The van der Waals surface area contributed by atoms with Crippen molar-refractivity contribution in [2.75, 3.05) is 19.7 Å². The van der Waals surface area contributed by atoms with E-state index >= 15 is 0 Å². The van der Waals surface area contributed by atoms with E-state index in [2.05, 4.69) is 4.74 Å². The number of likely N-dealkylation sites (N-methyl/N-ethyl adjacent to an activating group) is 1. The lowest BCUT2D eigenvalue weighted by atomic mass is 10.2. The van der Waals surface area contributed by atoms with Gasteiger partial charge in [-0.2, -0.15) is 0 Å². The summed E-state index contributed by atoms with van der Waals surface area (Å²) < 4.78 is 44.6. The van der Waals surface area contributed by atoms with E-state index < -0.39 is 24.0 Å². The van der Waals surface area contributed by atoms with Gasteiger partial charge in [-0.15, -0.1) is 13.2 Å². The van der Waals surface area contributed by atoms with E-state index in [4.69, 9.17) is 4.74 Å². The Morgan fingerprint density at radius 2 is 1.73 bits per heavy atom. The fraction of sp³-hybridized carbons (Fsp3) is 0.429. The summed E-state index contributed by atoms with van der Waals surface area (Å²) in [6, 6.07) is 4.49. The molecule has 0 aliphatic carbocycles. The molecule has 0 N–H and O–H groups in total. The Morgan fingerprint density at radius 1 is 1.14 bits per heavy atom. The number of benzene rings is 1. The van der Waals surface area contributed by atoms with Crippen LogP contribution in [0, 0.1) is 0 Å². The first-order valence-electron chi connectivity index (χ1n) is 6.57.